The summed E-state index contributed by atoms with van der Waals surface area (Å²) in [7, 11) is 1.49. The fourth-order valence-corrected chi connectivity index (χ4v) is 3.36. The van der Waals surface area contributed by atoms with Gasteiger partial charge in [0.2, 0.25) is 0 Å². The molecule has 0 saturated carbocycles. The monoisotopic (exact) mass is 426 g/mol. The first-order chi connectivity index (χ1) is 14.5. The lowest BCUT2D eigenvalue weighted by Gasteiger charge is -2.19. The van der Waals surface area contributed by atoms with Crippen LogP contribution in [0.4, 0.5) is 0 Å². The Balaban J connectivity index is 2.13. The maximum Gasteiger partial charge on any atom is 0.343 e. The van der Waals surface area contributed by atoms with Gasteiger partial charge >= 0.3 is 5.97 Å². The van der Waals surface area contributed by atoms with Gasteiger partial charge in [0.15, 0.2) is 0 Å². The lowest BCUT2D eigenvalue weighted by atomic mass is 10.0. The maximum absolute atomic E-state index is 13.1. The molecule has 6 heteroatoms. The summed E-state index contributed by atoms with van der Waals surface area (Å²) in [5, 5.41) is 20.4. The van der Waals surface area contributed by atoms with E-state index in [2.05, 4.69) is 0 Å². The molecular weight excluding hydrogens is 404 g/mol. The Morgan fingerprint density at radius 1 is 1.07 bits per heavy atom. The first-order valence-electron chi connectivity index (χ1n) is 9.58. The number of phenolic OH excluding ortho intramolecular Hbond substituents is 2. The van der Waals surface area contributed by atoms with E-state index in [9.17, 15) is 15.0 Å². The smallest absolute Gasteiger partial charge is 0.343 e. The molecule has 1 aliphatic rings. The molecule has 2 aromatic rings. The van der Waals surface area contributed by atoms with Crippen LogP contribution in [0.5, 0.6) is 11.5 Å². The standard InChI is InChI=1S/C24H23ClO5/c1-29-17-12-8-3-2-4-9-13-21(16-10-6-5-7-11-16)30-24(28)22-18(14-17)23(25)20(27)15-19(22)26/h4-12,14-15,21,26-27H,2-3,13H2,1H3/b9-4+,12-8?,17-14?. The molecule has 0 radical (unpaired) electrons. The van der Waals surface area contributed by atoms with E-state index in [1.54, 1.807) is 6.08 Å². The molecule has 1 aliphatic heterocycles. The summed E-state index contributed by atoms with van der Waals surface area (Å²) in [5.74, 6) is -1.11. The number of methoxy groups -OCH3 is 1. The Morgan fingerprint density at radius 3 is 2.53 bits per heavy atom. The minimum atomic E-state index is -0.751. The Bertz CT molecular complexity index is 992. The summed E-state index contributed by atoms with van der Waals surface area (Å²) < 4.78 is 11.1. The number of halogens is 1. The second-order valence-electron chi connectivity index (χ2n) is 6.76. The number of ether oxygens (including phenoxy) is 2. The van der Waals surface area contributed by atoms with E-state index in [1.807, 2.05) is 48.6 Å². The van der Waals surface area contributed by atoms with Crippen molar-refractivity contribution in [3.8, 4) is 11.5 Å². The fraction of sp³-hybridized carbons (Fsp3) is 0.208. The number of rotatable bonds is 2. The number of hydrogen-bond acceptors (Lipinski definition) is 5. The summed E-state index contributed by atoms with van der Waals surface area (Å²) in [4.78, 5) is 13.1. The van der Waals surface area contributed by atoms with Crippen molar-refractivity contribution in [3.63, 3.8) is 0 Å². The number of esters is 1. The minimum Gasteiger partial charge on any atom is -0.507 e. The maximum atomic E-state index is 13.1. The molecule has 0 amide bonds. The Kier molecular flexibility index (Phi) is 7.20. The molecule has 1 unspecified atom stereocenters. The number of fused-ring (bicyclic) bond motifs is 1. The molecule has 0 bridgehead atoms. The molecule has 0 aromatic heterocycles. The third-order valence-corrected chi connectivity index (χ3v) is 5.10. The first kappa shape index (κ1) is 21.5. The normalized spacial score (nSPS) is 18.5. The van der Waals surface area contributed by atoms with Gasteiger partial charge < -0.3 is 19.7 Å². The van der Waals surface area contributed by atoms with E-state index in [0.717, 1.165) is 24.5 Å². The van der Waals surface area contributed by atoms with Crippen molar-refractivity contribution in [1.29, 1.82) is 0 Å². The van der Waals surface area contributed by atoms with Gasteiger partial charge in [0.05, 0.1) is 12.1 Å². The van der Waals surface area contributed by atoms with Crippen molar-refractivity contribution in [3.05, 3.63) is 88.2 Å². The lowest BCUT2D eigenvalue weighted by Crippen LogP contribution is -2.13. The summed E-state index contributed by atoms with van der Waals surface area (Å²) in [6, 6.07) is 10.4. The van der Waals surface area contributed by atoms with Gasteiger partial charge in [-0.25, -0.2) is 4.79 Å². The fourth-order valence-electron chi connectivity index (χ4n) is 3.16. The van der Waals surface area contributed by atoms with Crippen LogP contribution in [0.15, 0.2) is 66.5 Å². The van der Waals surface area contributed by atoms with Crippen LogP contribution in [0, 0.1) is 0 Å². The van der Waals surface area contributed by atoms with Gasteiger partial charge in [-0.05, 0) is 30.6 Å². The summed E-state index contributed by atoms with van der Waals surface area (Å²) in [6.07, 6.45) is 10.8. The van der Waals surface area contributed by atoms with E-state index in [-0.39, 0.29) is 21.9 Å². The van der Waals surface area contributed by atoms with Crippen LogP contribution >= 0.6 is 11.6 Å². The topological polar surface area (TPSA) is 76.0 Å². The number of allylic oxidation sites excluding steroid dienone is 3. The highest BCUT2D eigenvalue weighted by Gasteiger charge is 2.25. The molecule has 0 fully saturated rings. The van der Waals surface area contributed by atoms with Crippen LogP contribution in [0.1, 0.15) is 46.9 Å². The number of carbonyl (C=O) groups is 1. The van der Waals surface area contributed by atoms with Gasteiger partial charge in [-0.1, -0.05) is 60.2 Å². The predicted molar refractivity (Wildman–Crippen MR) is 116 cm³/mol. The molecule has 2 N–H and O–H groups in total. The van der Waals surface area contributed by atoms with Crippen LogP contribution in [0.3, 0.4) is 0 Å². The van der Waals surface area contributed by atoms with Crippen LogP contribution in [-0.4, -0.2) is 23.3 Å². The average Bonchev–Trinajstić information content (AvgIpc) is 2.74. The summed E-state index contributed by atoms with van der Waals surface area (Å²) >= 11 is 6.27. The van der Waals surface area contributed by atoms with E-state index in [4.69, 9.17) is 21.1 Å². The van der Waals surface area contributed by atoms with Crippen LogP contribution in [0.2, 0.25) is 5.02 Å². The molecule has 1 atom stereocenters. The van der Waals surface area contributed by atoms with E-state index in [0.29, 0.717) is 12.2 Å². The van der Waals surface area contributed by atoms with Crippen molar-refractivity contribution in [2.75, 3.05) is 7.11 Å². The van der Waals surface area contributed by atoms with Gasteiger partial charge in [-0.15, -0.1) is 0 Å². The molecule has 0 saturated heterocycles. The van der Waals surface area contributed by atoms with Crippen molar-refractivity contribution in [1.82, 2.24) is 0 Å². The summed E-state index contributed by atoms with van der Waals surface area (Å²) in [5.41, 5.74) is 0.823. The van der Waals surface area contributed by atoms with Crippen molar-refractivity contribution in [2.24, 2.45) is 0 Å². The summed E-state index contributed by atoms with van der Waals surface area (Å²) in [6.45, 7) is 0. The molecule has 0 aliphatic carbocycles. The van der Waals surface area contributed by atoms with Gasteiger partial charge in [-0.3, -0.25) is 0 Å². The molecule has 3 rings (SSSR count). The number of cyclic esters (lactones) is 1. The SMILES string of the molecule is COC1=Cc2c(Cl)c(O)cc(O)c2C(=O)OC(c2ccccc2)C/C=C/CCC=C1. The zero-order chi connectivity index (χ0) is 21.5. The second kappa shape index (κ2) is 10.0. The Labute approximate surface area is 180 Å². The van der Waals surface area contributed by atoms with Crippen molar-refractivity contribution < 1.29 is 24.5 Å². The molecule has 0 spiro atoms. The average molecular weight is 427 g/mol. The third-order valence-electron chi connectivity index (χ3n) is 4.71. The van der Waals surface area contributed by atoms with Gasteiger partial charge in [0.25, 0.3) is 0 Å². The predicted octanol–water partition coefficient (Wildman–Crippen LogP) is 5.93. The van der Waals surface area contributed by atoms with Gasteiger partial charge in [0, 0.05) is 18.1 Å². The van der Waals surface area contributed by atoms with E-state index in [1.165, 1.54) is 13.2 Å². The molecule has 5 nitrogen and oxygen atoms in total. The van der Waals surface area contributed by atoms with Crippen LogP contribution in [0.25, 0.3) is 6.08 Å². The Hall–Kier alpha value is -3.18. The minimum absolute atomic E-state index is 0.0778. The highest BCUT2D eigenvalue weighted by molar-refractivity contribution is 6.34. The molecule has 2 aromatic carbocycles. The number of hydrogen-bond donors (Lipinski definition) is 2. The van der Waals surface area contributed by atoms with Gasteiger partial charge in [-0.2, -0.15) is 0 Å². The zero-order valence-electron chi connectivity index (χ0n) is 16.5. The number of carbonyl (C=O) groups excluding carboxylic acids is 1. The van der Waals surface area contributed by atoms with Crippen molar-refractivity contribution >= 4 is 23.6 Å². The second-order valence-corrected chi connectivity index (χ2v) is 7.14. The first-order valence-corrected chi connectivity index (χ1v) is 9.96. The number of aromatic hydroxyl groups is 2. The number of benzene rings is 2. The van der Waals surface area contributed by atoms with Crippen molar-refractivity contribution in [2.45, 2.75) is 25.4 Å². The number of phenols is 2. The molecule has 156 valence electrons. The quantitative estimate of drug-likeness (QED) is 0.459. The van der Waals surface area contributed by atoms with Gasteiger partial charge in [0.1, 0.15) is 28.9 Å². The zero-order valence-corrected chi connectivity index (χ0v) is 17.3. The van der Waals surface area contributed by atoms with Crippen LogP contribution in [-0.2, 0) is 9.47 Å². The van der Waals surface area contributed by atoms with Crippen LogP contribution < -0.4 is 0 Å². The largest absolute Gasteiger partial charge is 0.507 e. The molecule has 30 heavy (non-hydrogen) atoms. The Morgan fingerprint density at radius 2 is 1.80 bits per heavy atom. The lowest BCUT2D eigenvalue weighted by molar-refractivity contribution is 0.0300. The van der Waals surface area contributed by atoms with E-state index >= 15 is 0 Å². The van der Waals surface area contributed by atoms with E-state index < -0.39 is 17.8 Å². The highest BCUT2D eigenvalue weighted by atomic mass is 35.5. The molecular formula is C24H23ClO5. The molecule has 1 heterocycles. The highest BCUT2D eigenvalue weighted by Crippen LogP contribution is 2.39. The third kappa shape index (κ3) is 5.05.